The first-order chi connectivity index (χ1) is 9.72. The Morgan fingerprint density at radius 3 is 2.70 bits per heavy atom. The Hall–Kier alpha value is -1.82. The predicted molar refractivity (Wildman–Crippen MR) is 79.4 cm³/mol. The molecule has 1 N–H and O–H groups in total. The highest BCUT2D eigenvalue weighted by Gasteiger charge is 2.25. The summed E-state index contributed by atoms with van der Waals surface area (Å²) in [7, 11) is 0. The zero-order valence-corrected chi connectivity index (χ0v) is 11.8. The van der Waals surface area contributed by atoms with Gasteiger partial charge in [0.25, 0.3) is 11.1 Å². The summed E-state index contributed by atoms with van der Waals surface area (Å²) >= 11 is 0.918. The number of hydrogen-bond donors (Lipinski definition) is 1. The van der Waals surface area contributed by atoms with Gasteiger partial charge in [0.05, 0.1) is 10.6 Å². The van der Waals surface area contributed by atoms with Gasteiger partial charge in [0.1, 0.15) is 5.82 Å². The van der Waals surface area contributed by atoms with Crippen molar-refractivity contribution in [2.75, 3.05) is 18.0 Å². The molecule has 0 aliphatic carbocycles. The second kappa shape index (κ2) is 5.66. The average molecular weight is 289 g/mol. The van der Waals surface area contributed by atoms with Crippen LogP contribution in [-0.4, -0.2) is 29.2 Å². The Morgan fingerprint density at radius 1 is 1.20 bits per heavy atom. The number of thioether (sulfide) groups is 1. The van der Waals surface area contributed by atoms with Crippen molar-refractivity contribution in [2.45, 2.75) is 19.3 Å². The van der Waals surface area contributed by atoms with Crippen molar-refractivity contribution >= 4 is 34.8 Å². The summed E-state index contributed by atoms with van der Waals surface area (Å²) in [6.07, 6.45) is 5.33. The number of carbonyl (C=O) groups excluding carboxylic acids is 2. The maximum atomic E-state index is 11.5. The van der Waals surface area contributed by atoms with Gasteiger partial charge >= 0.3 is 0 Å². The normalized spacial score (nSPS) is 21.4. The first-order valence-electron chi connectivity index (χ1n) is 6.69. The van der Waals surface area contributed by atoms with Crippen molar-refractivity contribution < 1.29 is 9.59 Å². The van der Waals surface area contributed by atoms with Crippen LogP contribution in [-0.2, 0) is 4.79 Å². The summed E-state index contributed by atoms with van der Waals surface area (Å²) in [6.45, 7) is 2.06. The summed E-state index contributed by atoms with van der Waals surface area (Å²) in [5, 5.41) is 1.92. The van der Waals surface area contributed by atoms with Crippen LogP contribution >= 0.6 is 11.8 Å². The van der Waals surface area contributed by atoms with Crippen LogP contribution in [0.1, 0.15) is 25.0 Å². The molecule has 0 unspecified atom stereocenters. The quantitative estimate of drug-likeness (QED) is 0.847. The Kier molecular flexibility index (Phi) is 3.73. The van der Waals surface area contributed by atoms with Gasteiger partial charge in [-0.25, -0.2) is 4.98 Å². The molecular formula is C14H15N3O2S. The number of hydrogen-bond acceptors (Lipinski definition) is 5. The van der Waals surface area contributed by atoms with E-state index in [-0.39, 0.29) is 11.1 Å². The fourth-order valence-corrected chi connectivity index (χ4v) is 3.04. The molecule has 2 saturated heterocycles. The summed E-state index contributed by atoms with van der Waals surface area (Å²) in [5.41, 5.74) is 0.709. The average Bonchev–Trinajstić information content (AvgIpc) is 2.78. The lowest BCUT2D eigenvalue weighted by Crippen LogP contribution is -2.30. The molecular weight excluding hydrogens is 274 g/mol. The van der Waals surface area contributed by atoms with E-state index in [1.165, 1.54) is 19.3 Å². The molecule has 0 radical (unpaired) electrons. The van der Waals surface area contributed by atoms with E-state index in [2.05, 4.69) is 15.2 Å². The molecule has 0 spiro atoms. The number of amides is 2. The van der Waals surface area contributed by atoms with Crippen molar-refractivity contribution in [2.24, 2.45) is 0 Å². The first kappa shape index (κ1) is 13.2. The molecule has 6 heteroatoms. The van der Waals surface area contributed by atoms with E-state index >= 15 is 0 Å². The predicted octanol–water partition coefficient (Wildman–Crippen LogP) is 2.40. The van der Waals surface area contributed by atoms with Crippen molar-refractivity contribution in [3.05, 3.63) is 28.8 Å². The van der Waals surface area contributed by atoms with Crippen LogP contribution in [0.4, 0.5) is 10.6 Å². The number of carbonyl (C=O) groups is 2. The Labute approximate surface area is 121 Å². The highest BCUT2D eigenvalue weighted by atomic mass is 32.2. The van der Waals surface area contributed by atoms with Crippen molar-refractivity contribution in [1.82, 2.24) is 10.3 Å². The van der Waals surface area contributed by atoms with Gasteiger partial charge in [-0.15, -0.1) is 0 Å². The lowest BCUT2D eigenvalue weighted by molar-refractivity contribution is -0.115. The molecule has 3 rings (SSSR count). The van der Waals surface area contributed by atoms with E-state index in [1.54, 1.807) is 6.08 Å². The monoisotopic (exact) mass is 289 g/mol. The van der Waals surface area contributed by atoms with Crippen LogP contribution < -0.4 is 10.2 Å². The molecule has 3 heterocycles. The highest BCUT2D eigenvalue weighted by Crippen LogP contribution is 2.26. The van der Waals surface area contributed by atoms with Crippen LogP contribution in [0.3, 0.4) is 0 Å². The lowest BCUT2D eigenvalue weighted by atomic mass is 10.1. The number of anilines is 1. The van der Waals surface area contributed by atoms with E-state index in [9.17, 15) is 9.59 Å². The molecule has 5 nitrogen and oxygen atoms in total. The molecule has 1 aromatic heterocycles. The van der Waals surface area contributed by atoms with E-state index in [4.69, 9.17) is 0 Å². The maximum absolute atomic E-state index is 11.5. The second-order valence-electron chi connectivity index (χ2n) is 4.82. The maximum Gasteiger partial charge on any atom is 0.290 e. The minimum Gasteiger partial charge on any atom is -0.357 e. The minimum absolute atomic E-state index is 0.326. The van der Waals surface area contributed by atoms with Gasteiger partial charge in [-0.3, -0.25) is 14.9 Å². The van der Waals surface area contributed by atoms with Gasteiger partial charge in [-0.2, -0.15) is 0 Å². The summed E-state index contributed by atoms with van der Waals surface area (Å²) in [5.74, 6) is 0.596. The topological polar surface area (TPSA) is 62.3 Å². The molecule has 1 aromatic rings. The molecule has 0 aromatic carbocycles. The Morgan fingerprint density at radius 2 is 2.00 bits per heavy atom. The summed E-state index contributed by atoms with van der Waals surface area (Å²) in [6, 6.07) is 5.76. The highest BCUT2D eigenvalue weighted by molar-refractivity contribution is 8.18. The van der Waals surface area contributed by atoms with Gasteiger partial charge in [0.15, 0.2) is 0 Å². The molecule has 20 heavy (non-hydrogen) atoms. The smallest absolute Gasteiger partial charge is 0.290 e. The van der Waals surface area contributed by atoms with Crippen LogP contribution in [0, 0.1) is 0 Å². The fraction of sp³-hybridized carbons (Fsp3) is 0.357. The molecule has 0 atom stereocenters. The Bertz CT molecular complexity index is 580. The van der Waals surface area contributed by atoms with Gasteiger partial charge < -0.3 is 4.90 Å². The number of nitrogens with zero attached hydrogens (tertiary/aromatic N) is 2. The third-order valence-corrected chi connectivity index (χ3v) is 4.17. The largest absolute Gasteiger partial charge is 0.357 e. The van der Waals surface area contributed by atoms with Gasteiger partial charge in [-0.05, 0) is 49.2 Å². The fourth-order valence-electron chi connectivity index (χ4n) is 2.37. The lowest BCUT2D eigenvalue weighted by Gasteiger charge is -2.27. The molecule has 2 fully saturated rings. The SMILES string of the molecule is O=C1NC(=O)/C(=C\c2cccc(N3CCCCC3)n2)S1. The van der Waals surface area contributed by atoms with Gasteiger partial charge in [-0.1, -0.05) is 6.07 Å². The van der Waals surface area contributed by atoms with Crippen molar-refractivity contribution in [3.63, 3.8) is 0 Å². The number of rotatable bonds is 2. The zero-order valence-electron chi connectivity index (χ0n) is 11.0. The molecule has 2 amide bonds. The van der Waals surface area contributed by atoms with Gasteiger partial charge in [0.2, 0.25) is 0 Å². The van der Waals surface area contributed by atoms with Crippen LogP contribution in [0.5, 0.6) is 0 Å². The van der Waals surface area contributed by atoms with Gasteiger partial charge in [0, 0.05) is 13.1 Å². The van der Waals surface area contributed by atoms with Crippen LogP contribution in [0.15, 0.2) is 23.1 Å². The third kappa shape index (κ3) is 2.85. The Balaban J connectivity index is 1.82. The minimum atomic E-state index is -0.342. The third-order valence-electron chi connectivity index (χ3n) is 3.36. The number of piperidine rings is 1. The van der Waals surface area contributed by atoms with Crippen LogP contribution in [0.2, 0.25) is 0 Å². The number of imide groups is 1. The number of pyridine rings is 1. The molecule has 104 valence electrons. The summed E-state index contributed by atoms with van der Waals surface area (Å²) < 4.78 is 0. The first-order valence-corrected chi connectivity index (χ1v) is 7.51. The van der Waals surface area contributed by atoms with E-state index in [0.717, 1.165) is 30.7 Å². The van der Waals surface area contributed by atoms with Crippen molar-refractivity contribution in [3.8, 4) is 0 Å². The zero-order chi connectivity index (χ0) is 13.9. The van der Waals surface area contributed by atoms with Crippen LogP contribution in [0.25, 0.3) is 6.08 Å². The standard InChI is InChI=1S/C14H15N3O2S/c18-13-11(20-14(19)16-13)9-10-5-4-6-12(15-10)17-7-2-1-3-8-17/h4-6,9H,1-3,7-8H2,(H,16,18,19)/b11-9+. The molecule has 0 bridgehead atoms. The van der Waals surface area contributed by atoms with E-state index in [0.29, 0.717) is 10.6 Å². The molecule has 2 aliphatic rings. The van der Waals surface area contributed by atoms with E-state index in [1.807, 2.05) is 18.2 Å². The summed E-state index contributed by atoms with van der Waals surface area (Å²) in [4.78, 5) is 29.9. The molecule has 2 aliphatic heterocycles. The number of nitrogens with one attached hydrogen (secondary N) is 1. The molecule has 0 saturated carbocycles. The number of aromatic nitrogens is 1. The van der Waals surface area contributed by atoms with E-state index < -0.39 is 0 Å². The van der Waals surface area contributed by atoms with Crippen molar-refractivity contribution in [1.29, 1.82) is 0 Å². The second-order valence-corrected chi connectivity index (χ2v) is 5.84.